The zero-order valence-corrected chi connectivity index (χ0v) is 15.5. The molecule has 3 N–H and O–H groups in total. The van der Waals surface area contributed by atoms with Crippen LogP contribution in [0.25, 0.3) is 0 Å². The highest BCUT2D eigenvalue weighted by Gasteiger charge is 2.37. The van der Waals surface area contributed by atoms with Gasteiger partial charge in [0.15, 0.2) is 6.23 Å². The summed E-state index contributed by atoms with van der Waals surface area (Å²) < 4.78 is 5.42. The SMILES string of the molecule is O=C(O)CN(c1ccccc1)C(c1cccnc1)C(NC1C=CC=CO1)C(=O)O. The van der Waals surface area contributed by atoms with Crippen LogP contribution in [-0.2, 0) is 14.3 Å². The van der Waals surface area contributed by atoms with Crippen LogP contribution in [0.4, 0.5) is 5.69 Å². The van der Waals surface area contributed by atoms with E-state index in [0.29, 0.717) is 11.3 Å². The van der Waals surface area contributed by atoms with Gasteiger partial charge < -0.3 is 19.8 Å². The first-order chi connectivity index (χ1) is 14.1. The van der Waals surface area contributed by atoms with E-state index in [1.807, 2.05) is 0 Å². The van der Waals surface area contributed by atoms with Gasteiger partial charge in [-0.3, -0.25) is 19.9 Å². The molecule has 0 saturated carbocycles. The lowest BCUT2D eigenvalue weighted by Gasteiger charge is -2.37. The Morgan fingerprint density at radius 2 is 1.93 bits per heavy atom. The zero-order valence-electron chi connectivity index (χ0n) is 15.5. The number of carboxylic acid groups (broad SMARTS) is 2. The number of hydrogen-bond donors (Lipinski definition) is 3. The van der Waals surface area contributed by atoms with Gasteiger partial charge in [-0.15, -0.1) is 0 Å². The molecule has 2 aromatic rings. The molecular weight excluding hydrogens is 374 g/mol. The van der Waals surface area contributed by atoms with Crippen molar-refractivity contribution in [2.45, 2.75) is 18.3 Å². The second-order valence-corrected chi connectivity index (χ2v) is 6.34. The number of pyridine rings is 1. The molecule has 0 aliphatic carbocycles. The molecule has 8 nitrogen and oxygen atoms in total. The number of nitrogens with zero attached hydrogens (tertiary/aromatic N) is 2. The second kappa shape index (κ2) is 9.52. The molecule has 1 aliphatic heterocycles. The van der Waals surface area contributed by atoms with E-state index in [1.165, 1.54) is 17.4 Å². The van der Waals surface area contributed by atoms with Gasteiger partial charge in [-0.1, -0.05) is 30.3 Å². The van der Waals surface area contributed by atoms with Crippen molar-refractivity contribution >= 4 is 17.6 Å². The summed E-state index contributed by atoms with van der Waals surface area (Å²) in [5, 5.41) is 22.5. The van der Waals surface area contributed by atoms with E-state index in [9.17, 15) is 19.8 Å². The first kappa shape index (κ1) is 20.1. The van der Waals surface area contributed by atoms with E-state index in [1.54, 1.807) is 66.9 Å². The van der Waals surface area contributed by atoms with Crippen molar-refractivity contribution in [2.75, 3.05) is 11.4 Å². The van der Waals surface area contributed by atoms with Crippen molar-refractivity contribution in [2.24, 2.45) is 0 Å². The topological polar surface area (TPSA) is 112 Å². The Kier molecular flexibility index (Phi) is 6.59. The molecule has 1 aromatic carbocycles. The average Bonchev–Trinajstić information content (AvgIpc) is 2.74. The molecule has 3 unspecified atom stereocenters. The highest BCUT2D eigenvalue weighted by Crippen LogP contribution is 2.30. The predicted molar refractivity (Wildman–Crippen MR) is 106 cm³/mol. The van der Waals surface area contributed by atoms with Gasteiger partial charge in [0.1, 0.15) is 12.6 Å². The largest absolute Gasteiger partial charge is 0.480 e. The third-order valence-corrected chi connectivity index (χ3v) is 4.38. The van der Waals surface area contributed by atoms with Gasteiger partial charge in [0.05, 0.1) is 12.3 Å². The number of carbonyl (C=O) groups is 2. The Labute approximate surface area is 167 Å². The van der Waals surface area contributed by atoms with E-state index in [0.717, 1.165) is 0 Å². The van der Waals surface area contributed by atoms with Crippen LogP contribution in [-0.4, -0.2) is 46.0 Å². The molecule has 150 valence electrons. The van der Waals surface area contributed by atoms with E-state index >= 15 is 0 Å². The minimum absolute atomic E-state index is 0.393. The number of aliphatic carboxylic acids is 2. The molecule has 0 fully saturated rings. The minimum Gasteiger partial charge on any atom is -0.480 e. The molecule has 1 aromatic heterocycles. The number of hydrogen-bond acceptors (Lipinski definition) is 6. The number of para-hydroxylation sites is 1. The number of benzene rings is 1. The molecule has 3 atom stereocenters. The van der Waals surface area contributed by atoms with Crippen molar-refractivity contribution in [3.05, 3.63) is 84.9 Å². The Morgan fingerprint density at radius 3 is 2.52 bits per heavy atom. The van der Waals surface area contributed by atoms with Crippen LogP contribution in [0.5, 0.6) is 0 Å². The van der Waals surface area contributed by atoms with Crippen molar-refractivity contribution in [1.82, 2.24) is 10.3 Å². The van der Waals surface area contributed by atoms with Crippen molar-refractivity contribution in [3.63, 3.8) is 0 Å². The molecule has 29 heavy (non-hydrogen) atoms. The smallest absolute Gasteiger partial charge is 0.323 e. The molecule has 0 bridgehead atoms. The Morgan fingerprint density at radius 1 is 1.14 bits per heavy atom. The molecule has 8 heteroatoms. The van der Waals surface area contributed by atoms with Gasteiger partial charge in [0, 0.05) is 18.1 Å². The summed E-state index contributed by atoms with van der Waals surface area (Å²) in [6.07, 6.45) is 9.02. The number of allylic oxidation sites excluding steroid dienone is 2. The molecule has 3 rings (SSSR count). The summed E-state index contributed by atoms with van der Waals surface area (Å²) in [6.45, 7) is -0.393. The number of anilines is 1. The molecule has 0 amide bonds. The maximum atomic E-state index is 12.3. The fourth-order valence-corrected chi connectivity index (χ4v) is 3.17. The predicted octanol–water partition coefficient (Wildman–Crippen LogP) is 2.18. The van der Waals surface area contributed by atoms with Crippen LogP contribution in [0, 0.1) is 0 Å². The summed E-state index contributed by atoms with van der Waals surface area (Å²) in [5.41, 5.74) is 1.14. The Bertz CT molecular complexity index is 886. The van der Waals surface area contributed by atoms with Crippen LogP contribution in [0.15, 0.2) is 79.3 Å². The number of aromatic nitrogens is 1. The minimum atomic E-state index is -1.18. The molecular formula is C21H21N3O5. The first-order valence-electron chi connectivity index (χ1n) is 8.97. The zero-order chi connectivity index (χ0) is 20.6. The lowest BCUT2D eigenvalue weighted by Crippen LogP contribution is -2.53. The molecule has 2 heterocycles. The Balaban J connectivity index is 2.05. The summed E-state index contributed by atoms with van der Waals surface area (Å²) >= 11 is 0. The summed E-state index contributed by atoms with van der Waals surface area (Å²) in [7, 11) is 0. The second-order valence-electron chi connectivity index (χ2n) is 6.34. The van der Waals surface area contributed by atoms with Gasteiger partial charge in [-0.05, 0) is 35.9 Å². The summed E-state index contributed by atoms with van der Waals surface area (Å²) in [6, 6.07) is 10.2. The first-order valence-corrected chi connectivity index (χ1v) is 8.97. The maximum Gasteiger partial charge on any atom is 0.323 e. The Hall–Kier alpha value is -3.65. The van der Waals surface area contributed by atoms with Crippen LogP contribution in [0.3, 0.4) is 0 Å². The van der Waals surface area contributed by atoms with Crippen LogP contribution in [0.1, 0.15) is 11.6 Å². The van der Waals surface area contributed by atoms with Gasteiger partial charge in [-0.2, -0.15) is 0 Å². The third kappa shape index (κ3) is 5.20. The van der Waals surface area contributed by atoms with Crippen molar-refractivity contribution in [1.29, 1.82) is 0 Å². The lowest BCUT2D eigenvalue weighted by atomic mass is 9.97. The van der Waals surface area contributed by atoms with E-state index in [2.05, 4.69) is 10.3 Å². The van der Waals surface area contributed by atoms with Gasteiger partial charge in [-0.25, -0.2) is 0 Å². The monoisotopic (exact) mass is 395 g/mol. The third-order valence-electron chi connectivity index (χ3n) is 4.38. The van der Waals surface area contributed by atoms with Crippen LogP contribution >= 0.6 is 0 Å². The van der Waals surface area contributed by atoms with E-state index in [-0.39, 0.29) is 0 Å². The van der Waals surface area contributed by atoms with E-state index in [4.69, 9.17) is 4.74 Å². The molecule has 0 radical (unpaired) electrons. The number of carboxylic acids is 2. The standard InChI is InChI=1S/C21H21N3O5/c25-18(26)14-24(16-8-2-1-3-9-16)20(15-7-6-11-22-13-15)19(21(27)28)23-17-10-4-5-12-29-17/h1-13,17,19-20,23H,14H2,(H,25,26)(H,27,28). The number of nitrogens with one attached hydrogen (secondary N) is 1. The molecule has 0 saturated heterocycles. The fourth-order valence-electron chi connectivity index (χ4n) is 3.17. The van der Waals surface area contributed by atoms with Gasteiger partial charge in [0.2, 0.25) is 0 Å². The summed E-state index contributed by atoms with van der Waals surface area (Å²) in [4.78, 5) is 29.5. The maximum absolute atomic E-state index is 12.3. The van der Waals surface area contributed by atoms with Crippen LogP contribution in [0.2, 0.25) is 0 Å². The van der Waals surface area contributed by atoms with Gasteiger partial charge in [0.25, 0.3) is 0 Å². The number of ether oxygens (including phenoxy) is 1. The van der Waals surface area contributed by atoms with E-state index < -0.39 is 36.8 Å². The summed E-state index contributed by atoms with van der Waals surface area (Å²) in [5.74, 6) is -2.22. The average molecular weight is 395 g/mol. The quantitative estimate of drug-likeness (QED) is 0.592. The highest BCUT2D eigenvalue weighted by molar-refractivity contribution is 5.78. The van der Waals surface area contributed by atoms with Crippen LogP contribution < -0.4 is 10.2 Å². The number of rotatable bonds is 9. The highest BCUT2D eigenvalue weighted by atomic mass is 16.5. The molecule has 1 aliphatic rings. The van der Waals surface area contributed by atoms with Crippen molar-refractivity contribution in [3.8, 4) is 0 Å². The normalized spacial score (nSPS) is 17.2. The fraction of sp³-hybridized carbons (Fsp3) is 0.190. The van der Waals surface area contributed by atoms with Gasteiger partial charge >= 0.3 is 11.9 Å². The van der Waals surface area contributed by atoms with Crippen molar-refractivity contribution < 1.29 is 24.5 Å². The molecule has 0 spiro atoms. The lowest BCUT2D eigenvalue weighted by molar-refractivity contribution is -0.142.